The first kappa shape index (κ1) is 10.5. The summed E-state index contributed by atoms with van der Waals surface area (Å²) < 4.78 is 5.01. The van der Waals surface area contributed by atoms with Gasteiger partial charge in [0.15, 0.2) is 0 Å². The summed E-state index contributed by atoms with van der Waals surface area (Å²) in [5.74, 6) is 3.17. The van der Waals surface area contributed by atoms with Gasteiger partial charge in [-0.15, -0.1) is 12.3 Å². The summed E-state index contributed by atoms with van der Waals surface area (Å²) >= 11 is 0. The Morgan fingerprint density at radius 2 is 2.50 bits per heavy atom. The topological polar surface area (TPSA) is 42.4 Å². The maximum Gasteiger partial charge on any atom is 0.228 e. The number of aromatic nitrogens is 1. The highest BCUT2D eigenvalue weighted by Gasteiger charge is 2.29. The van der Waals surface area contributed by atoms with E-state index in [1.165, 1.54) is 0 Å². The van der Waals surface area contributed by atoms with E-state index in [2.05, 4.69) is 10.9 Å². The van der Waals surface area contributed by atoms with Crippen LogP contribution in [0.4, 0.5) is 5.69 Å². The molecule has 0 aromatic carbocycles. The number of nitrogens with zero attached hydrogens (tertiary/aromatic N) is 2. The normalized spacial score (nSPS) is 19.6. The van der Waals surface area contributed by atoms with Crippen molar-refractivity contribution in [1.82, 2.24) is 4.98 Å². The van der Waals surface area contributed by atoms with Gasteiger partial charge in [-0.2, -0.15) is 0 Å². The second-order valence-corrected chi connectivity index (χ2v) is 3.63. The monoisotopic (exact) mass is 216 g/mol. The van der Waals surface area contributed by atoms with E-state index >= 15 is 0 Å². The number of ether oxygens (including phenoxy) is 1. The van der Waals surface area contributed by atoms with Crippen LogP contribution >= 0.6 is 0 Å². The Bertz CT molecular complexity index is 451. The van der Waals surface area contributed by atoms with Gasteiger partial charge in [-0.05, 0) is 6.07 Å². The first-order valence-electron chi connectivity index (χ1n) is 5.01. The fourth-order valence-electron chi connectivity index (χ4n) is 1.75. The third-order valence-corrected chi connectivity index (χ3v) is 2.60. The third kappa shape index (κ3) is 1.84. The number of methoxy groups -OCH3 is 1. The molecule has 1 unspecified atom stereocenters. The van der Waals surface area contributed by atoms with Gasteiger partial charge in [0, 0.05) is 31.1 Å². The SMILES string of the molecule is C#CC1CC(=O)N(c2ccnc(OC)c2)C1. The maximum absolute atomic E-state index is 11.7. The number of terminal acetylenes is 1. The van der Waals surface area contributed by atoms with E-state index < -0.39 is 0 Å². The van der Waals surface area contributed by atoms with E-state index in [4.69, 9.17) is 11.2 Å². The number of carbonyl (C=O) groups is 1. The van der Waals surface area contributed by atoms with E-state index in [-0.39, 0.29) is 11.8 Å². The highest BCUT2D eigenvalue weighted by Crippen LogP contribution is 2.26. The molecular weight excluding hydrogens is 204 g/mol. The van der Waals surface area contributed by atoms with Gasteiger partial charge >= 0.3 is 0 Å². The van der Waals surface area contributed by atoms with Gasteiger partial charge in [0.05, 0.1) is 12.8 Å². The zero-order valence-electron chi connectivity index (χ0n) is 9.01. The second kappa shape index (κ2) is 4.23. The Labute approximate surface area is 94.2 Å². The van der Waals surface area contributed by atoms with Crippen LogP contribution in [-0.2, 0) is 4.79 Å². The van der Waals surface area contributed by atoms with E-state index in [1.807, 2.05) is 0 Å². The Morgan fingerprint density at radius 1 is 1.69 bits per heavy atom. The summed E-state index contributed by atoms with van der Waals surface area (Å²) in [5, 5.41) is 0. The lowest BCUT2D eigenvalue weighted by Gasteiger charge is -2.16. The predicted octanol–water partition coefficient (Wildman–Crippen LogP) is 1.08. The quantitative estimate of drug-likeness (QED) is 0.695. The molecule has 0 bridgehead atoms. The average Bonchev–Trinajstić information content (AvgIpc) is 2.71. The van der Waals surface area contributed by atoms with Gasteiger partial charge in [-0.1, -0.05) is 0 Å². The van der Waals surface area contributed by atoms with Crippen molar-refractivity contribution >= 4 is 11.6 Å². The number of pyridine rings is 1. The zero-order chi connectivity index (χ0) is 11.5. The standard InChI is InChI=1S/C12H12N2O2/c1-3-9-6-12(15)14(8-9)10-4-5-13-11(7-10)16-2/h1,4-5,7,9H,6,8H2,2H3. The molecule has 82 valence electrons. The van der Waals surface area contributed by atoms with Gasteiger partial charge in [0.1, 0.15) is 0 Å². The molecule has 1 saturated heterocycles. The van der Waals surface area contributed by atoms with Crippen molar-refractivity contribution < 1.29 is 9.53 Å². The summed E-state index contributed by atoms with van der Waals surface area (Å²) in [6.07, 6.45) is 7.36. The minimum Gasteiger partial charge on any atom is -0.481 e. The molecule has 0 spiro atoms. The molecule has 2 rings (SSSR count). The lowest BCUT2D eigenvalue weighted by Crippen LogP contribution is -2.24. The van der Waals surface area contributed by atoms with Gasteiger partial charge < -0.3 is 9.64 Å². The molecule has 4 heteroatoms. The summed E-state index contributed by atoms with van der Waals surface area (Å²) in [7, 11) is 1.54. The van der Waals surface area contributed by atoms with Crippen LogP contribution in [0.25, 0.3) is 0 Å². The number of hydrogen-bond donors (Lipinski definition) is 0. The summed E-state index contributed by atoms with van der Waals surface area (Å²) in [5.41, 5.74) is 0.787. The smallest absolute Gasteiger partial charge is 0.228 e. The second-order valence-electron chi connectivity index (χ2n) is 3.63. The molecule has 1 atom stereocenters. The number of hydrogen-bond acceptors (Lipinski definition) is 3. The molecule has 1 aromatic rings. The number of carbonyl (C=O) groups excluding carboxylic acids is 1. The number of anilines is 1. The fraction of sp³-hybridized carbons (Fsp3) is 0.333. The van der Waals surface area contributed by atoms with Crippen molar-refractivity contribution in [1.29, 1.82) is 0 Å². The van der Waals surface area contributed by atoms with Crippen LogP contribution in [0.5, 0.6) is 5.88 Å². The van der Waals surface area contributed by atoms with Gasteiger partial charge in [0.2, 0.25) is 11.8 Å². The van der Waals surface area contributed by atoms with Crippen molar-refractivity contribution in [2.24, 2.45) is 5.92 Å². The highest BCUT2D eigenvalue weighted by atomic mass is 16.5. The number of amides is 1. The van der Waals surface area contributed by atoms with Gasteiger partial charge in [-0.25, -0.2) is 4.98 Å². The van der Waals surface area contributed by atoms with Crippen molar-refractivity contribution in [3.63, 3.8) is 0 Å². The molecule has 1 aromatic heterocycles. The summed E-state index contributed by atoms with van der Waals surface area (Å²) in [4.78, 5) is 17.4. The molecule has 1 fully saturated rings. The van der Waals surface area contributed by atoms with Crippen LogP contribution in [0, 0.1) is 18.3 Å². The molecule has 16 heavy (non-hydrogen) atoms. The van der Waals surface area contributed by atoms with Crippen molar-refractivity contribution in [3.8, 4) is 18.2 Å². The molecule has 1 aliphatic rings. The minimum atomic E-state index is 0.00617. The fourth-order valence-corrected chi connectivity index (χ4v) is 1.75. The molecule has 1 amide bonds. The van der Waals surface area contributed by atoms with Crippen LogP contribution in [0.3, 0.4) is 0 Å². The molecular formula is C12H12N2O2. The average molecular weight is 216 g/mol. The van der Waals surface area contributed by atoms with Crippen LogP contribution in [-0.4, -0.2) is 24.5 Å². The van der Waals surface area contributed by atoms with Crippen LogP contribution in [0.15, 0.2) is 18.3 Å². The molecule has 4 nitrogen and oxygen atoms in total. The van der Waals surface area contributed by atoms with Crippen molar-refractivity contribution in [2.45, 2.75) is 6.42 Å². The third-order valence-electron chi connectivity index (χ3n) is 2.60. The summed E-state index contributed by atoms with van der Waals surface area (Å²) in [6.45, 7) is 0.572. The predicted molar refractivity (Wildman–Crippen MR) is 60.1 cm³/mol. The van der Waals surface area contributed by atoms with Crippen LogP contribution < -0.4 is 9.64 Å². The largest absolute Gasteiger partial charge is 0.481 e. The molecule has 1 aliphatic heterocycles. The Kier molecular flexibility index (Phi) is 2.78. The van der Waals surface area contributed by atoms with E-state index in [1.54, 1.807) is 30.3 Å². The zero-order valence-corrected chi connectivity index (χ0v) is 9.01. The lowest BCUT2D eigenvalue weighted by atomic mass is 10.1. The Hall–Kier alpha value is -2.02. The van der Waals surface area contributed by atoms with Crippen molar-refractivity contribution in [2.75, 3.05) is 18.6 Å². The molecule has 2 heterocycles. The maximum atomic E-state index is 11.7. The van der Waals surface area contributed by atoms with Crippen LogP contribution in [0.1, 0.15) is 6.42 Å². The first-order valence-corrected chi connectivity index (χ1v) is 5.01. The van der Waals surface area contributed by atoms with Crippen LogP contribution in [0.2, 0.25) is 0 Å². The molecule has 0 radical (unpaired) electrons. The minimum absolute atomic E-state index is 0.00617. The Balaban J connectivity index is 2.24. The molecule has 0 N–H and O–H groups in total. The van der Waals surface area contributed by atoms with Gasteiger partial charge in [-0.3, -0.25) is 4.79 Å². The Morgan fingerprint density at radius 3 is 3.12 bits per heavy atom. The molecule has 0 aliphatic carbocycles. The number of rotatable bonds is 2. The summed E-state index contributed by atoms with van der Waals surface area (Å²) in [6, 6.07) is 3.51. The van der Waals surface area contributed by atoms with Crippen molar-refractivity contribution in [3.05, 3.63) is 18.3 Å². The highest BCUT2D eigenvalue weighted by molar-refractivity contribution is 5.96. The van der Waals surface area contributed by atoms with Gasteiger partial charge in [0.25, 0.3) is 0 Å². The van der Waals surface area contributed by atoms with E-state index in [0.717, 1.165) is 5.69 Å². The van der Waals surface area contributed by atoms with E-state index in [9.17, 15) is 4.79 Å². The van der Waals surface area contributed by atoms with E-state index in [0.29, 0.717) is 18.8 Å². The lowest BCUT2D eigenvalue weighted by molar-refractivity contribution is -0.117. The molecule has 0 saturated carbocycles. The first-order chi connectivity index (χ1) is 7.74.